The number of benzene rings is 1. The topological polar surface area (TPSA) is 42.0 Å². The smallest absolute Gasteiger partial charge is 0.258 e. The van der Waals surface area contributed by atoms with Crippen molar-refractivity contribution in [2.45, 2.75) is 0 Å². The van der Waals surface area contributed by atoms with Crippen LogP contribution in [0, 0.1) is 11.6 Å². The molecule has 1 N–H and O–H groups in total. The molecule has 2 rings (SSSR count). The highest BCUT2D eigenvalue weighted by molar-refractivity contribution is 6.34. The highest BCUT2D eigenvalue weighted by Crippen LogP contribution is 2.19. The average molecular weight is 269 g/mol. The standard InChI is InChI=1S/C12H7ClF2N2O/c13-8-4-5-16-6-7(8)12(18)17-10-3-1-2-9(14)11(10)15/h1-6H,(H,17,18). The fraction of sp³-hybridized carbons (Fsp3) is 0. The Balaban J connectivity index is 2.27. The minimum Gasteiger partial charge on any atom is -0.319 e. The first kappa shape index (κ1) is 12.4. The summed E-state index contributed by atoms with van der Waals surface area (Å²) in [4.78, 5) is 15.5. The maximum absolute atomic E-state index is 13.3. The Morgan fingerprint density at radius 3 is 2.78 bits per heavy atom. The molecule has 1 heterocycles. The van der Waals surface area contributed by atoms with Crippen molar-refractivity contribution in [1.29, 1.82) is 0 Å². The van der Waals surface area contributed by atoms with Gasteiger partial charge in [-0.15, -0.1) is 0 Å². The molecule has 0 fully saturated rings. The molecule has 0 aliphatic rings. The Hall–Kier alpha value is -2.01. The molecular formula is C12H7ClF2N2O. The Labute approximate surface area is 106 Å². The van der Waals surface area contributed by atoms with E-state index in [1.807, 2.05) is 0 Å². The maximum atomic E-state index is 13.3. The number of hydrogen-bond donors (Lipinski definition) is 1. The van der Waals surface area contributed by atoms with Crippen LogP contribution in [-0.4, -0.2) is 10.9 Å². The molecular weight excluding hydrogens is 262 g/mol. The summed E-state index contributed by atoms with van der Waals surface area (Å²) in [6.07, 6.45) is 2.66. The molecule has 0 saturated carbocycles. The Bertz CT molecular complexity index is 604. The number of pyridine rings is 1. The first-order chi connectivity index (χ1) is 8.59. The summed E-state index contributed by atoms with van der Waals surface area (Å²) in [7, 11) is 0. The second-order valence-corrected chi connectivity index (χ2v) is 3.82. The Kier molecular flexibility index (Phi) is 3.53. The largest absolute Gasteiger partial charge is 0.319 e. The third-order valence-electron chi connectivity index (χ3n) is 2.21. The number of rotatable bonds is 2. The highest BCUT2D eigenvalue weighted by atomic mass is 35.5. The lowest BCUT2D eigenvalue weighted by molar-refractivity contribution is 0.102. The van der Waals surface area contributed by atoms with Crippen LogP contribution < -0.4 is 5.32 Å². The molecule has 0 unspecified atom stereocenters. The Morgan fingerprint density at radius 2 is 2.06 bits per heavy atom. The van der Waals surface area contributed by atoms with Crippen LogP contribution in [0.4, 0.5) is 14.5 Å². The number of carbonyl (C=O) groups excluding carboxylic acids is 1. The quantitative estimate of drug-likeness (QED) is 0.908. The van der Waals surface area contributed by atoms with Crippen molar-refractivity contribution < 1.29 is 13.6 Å². The molecule has 1 amide bonds. The SMILES string of the molecule is O=C(Nc1cccc(F)c1F)c1cnccc1Cl. The van der Waals surface area contributed by atoms with E-state index in [0.29, 0.717) is 0 Å². The molecule has 0 bridgehead atoms. The van der Waals surface area contributed by atoms with Gasteiger partial charge in [-0.3, -0.25) is 9.78 Å². The molecule has 6 heteroatoms. The summed E-state index contributed by atoms with van der Waals surface area (Å²) in [6, 6.07) is 4.93. The molecule has 92 valence electrons. The predicted octanol–water partition coefficient (Wildman–Crippen LogP) is 3.27. The van der Waals surface area contributed by atoms with E-state index in [1.165, 1.54) is 30.6 Å². The predicted molar refractivity (Wildman–Crippen MR) is 63.6 cm³/mol. The van der Waals surface area contributed by atoms with E-state index in [-0.39, 0.29) is 16.3 Å². The van der Waals surface area contributed by atoms with E-state index in [0.717, 1.165) is 6.07 Å². The van der Waals surface area contributed by atoms with Crippen molar-refractivity contribution in [3.8, 4) is 0 Å². The average Bonchev–Trinajstić information content (AvgIpc) is 2.35. The molecule has 2 aromatic rings. The van der Waals surface area contributed by atoms with Crippen LogP contribution in [0.1, 0.15) is 10.4 Å². The van der Waals surface area contributed by atoms with E-state index in [1.54, 1.807) is 0 Å². The summed E-state index contributed by atoms with van der Waals surface area (Å²) in [5.74, 6) is -2.81. The van der Waals surface area contributed by atoms with Crippen LogP contribution in [0.25, 0.3) is 0 Å². The summed E-state index contributed by atoms with van der Waals surface area (Å²) < 4.78 is 26.3. The first-order valence-corrected chi connectivity index (χ1v) is 5.32. The zero-order chi connectivity index (χ0) is 13.1. The lowest BCUT2D eigenvalue weighted by Crippen LogP contribution is -2.14. The van der Waals surface area contributed by atoms with Gasteiger partial charge in [0, 0.05) is 12.4 Å². The Morgan fingerprint density at radius 1 is 1.28 bits per heavy atom. The van der Waals surface area contributed by atoms with Crippen LogP contribution in [0.5, 0.6) is 0 Å². The van der Waals surface area contributed by atoms with Crippen molar-refractivity contribution in [1.82, 2.24) is 4.98 Å². The molecule has 0 aliphatic carbocycles. The summed E-state index contributed by atoms with van der Waals surface area (Å²) in [6.45, 7) is 0. The zero-order valence-corrected chi connectivity index (χ0v) is 9.71. The van der Waals surface area contributed by atoms with Gasteiger partial charge in [-0.05, 0) is 18.2 Å². The molecule has 0 saturated heterocycles. The summed E-state index contributed by atoms with van der Waals surface area (Å²) in [5, 5.41) is 2.41. The monoisotopic (exact) mass is 268 g/mol. The molecule has 18 heavy (non-hydrogen) atoms. The molecule has 0 spiro atoms. The third kappa shape index (κ3) is 2.46. The third-order valence-corrected chi connectivity index (χ3v) is 2.54. The van der Waals surface area contributed by atoms with E-state index < -0.39 is 17.5 Å². The van der Waals surface area contributed by atoms with Crippen molar-refractivity contribution in [3.05, 3.63) is 58.9 Å². The van der Waals surface area contributed by atoms with Gasteiger partial charge in [0.2, 0.25) is 0 Å². The van der Waals surface area contributed by atoms with E-state index >= 15 is 0 Å². The summed E-state index contributed by atoms with van der Waals surface area (Å²) in [5.41, 5.74) is -0.164. The lowest BCUT2D eigenvalue weighted by Gasteiger charge is -2.07. The molecule has 0 radical (unpaired) electrons. The number of anilines is 1. The number of nitrogens with one attached hydrogen (secondary N) is 1. The fourth-order valence-electron chi connectivity index (χ4n) is 1.33. The van der Waals surface area contributed by atoms with Crippen molar-refractivity contribution in [2.24, 2.45) is 0 Å². The normalized spacial score (nSPS) is 10.2. The van der Waals surface area contributed by atoms with Gasteiger partial charge in [0.1, 0.15) is 0 Å². The minimum absolute atomic E-state index is 0.0860. The van der Waals surface area contributed by atoms with Gasteiger partial charge in [-0.2, -0.15) is 0 Å². The second kappa shape index (κ2) is 5.10. The zero-order valence-electron chi connectivity index (χ0n) is 8.95. The second-order valence-electron chi connectivity index (χ2n) is 3.41. The van der Waals surface area contributed by atoms with Gasteiger partial charge in [0.05, 0.1) is 16.3 Å². The first-order valence-electron chi connectivity index (χ1n) is 4.94. The van der Waals surface area contributed by atoms with Crippen LogP contribution in [0.2, 0.25) is 5.02 Å². The number of carbonyl (C=O) groups is 1. The molecule has 0 atom stereocenters. The number of hydrogen-bond acceptors (Lipinski definition) is 2. The van der Waals surface area contributed by atoms with E-state index in [2.05, 4.69) is 10.3 Å². The number of halogens is 3. The van der Waals surface area contributed by atoms with Gasteiger partial charge < -0.3 is 5.32 Å². The van der Waals surface area contributed by atoms with Gasteiger partial charge in [-0.25, -0.2) is 8.78 Å². The molecule has 1 aromatic heterocycles. The van der Waals surface area contributed by atoms with Gasteiger partial charge in [-0.1, -0.05) is 17.7 Å². The van der Waals surface area contributed by atoms with Crippen molar-refractivity contribution >= 4 is 23.2 Å². The minimum atomic E-state index is -1.12. The molecule has 3 nitrogen and oxygen atoms in total. The maximum Gasteiger partial charge on any atom is 0.258 e. The van der Waals surface area contributed by atoms with Crippen LogP contribution >= 0.6 is 11.6 Å². The number of amides is 1. The van der Waals surface area contributed by atoms with Crippen molar-refractivity contribution in [2.75, 3.05) is 5.32 Å². The van der Waals surface area contributed by atoms with Gasteiger partial charge >= 0.3 is 0 Å². The van der Waals surface area contributed by atoms with Crippen LogP contribution in [0.3, 0.4) is 0 Å². The lowest BCUT2D eigenvalue weighted by atomic mass is 10.2. The number of aromatic nitrogens is 1. The molecule has 0 aliphatic heterocycles. The van der Waals surface area contributed by atoms with Crippen LogP contribution in [-0.2, 0) is 0 Å². The molecule has 1 aromatic carbocycles. The van der Waals surface area contributed by atoms with Crippen LogP contribution in [0.15, 0.2) is 36.7 Å². The highest BCUT2D eigenvalue weighted by Gasteiger charge is 2.14. The van der Waals surface area contributed by atoms with Gasteiger partial charge in [0.15, 0.2) is 11.6 Å². The fourth-order valence-corrected chi connectivity index (χ4v) is 1.53. The van der Waals surface area contributed by atoms with E-state index in [9.17, 15) is 13.6 Å². The summed E-state index contributed by atoms with van der Waals surface area (Å²) >= 11 is 5.79. The number of nitrogens with zero attached hydrogens (tertiary/aromatic N) is 1. The van der Waals surface area contributed by atoms with Gasteiger partial charge in [0.25, 0.3) is 5.91 Å². The van der Waals surface area contributed by atoms with Crippen molar-refractivity contribution in [3.63, 3.8) is 0 Å². The van der Waals surface area contributed by atoms with E-state index in [4.69, 9.17) is 11.6 Å².